The summed E-state index contributed by atoms with van der Waals surface area (Å²) in [6, 6.07) is 6.44. The van der Waals surface area contributed by atoms with E-state index in [0.717, 1.165) is 18.5 Å². The molecule has 1 aromatic rings. The number of rotatable bonds is 1. The number of carbonyl (C=O) groups is 1. The summed E-state index contributed by atoms with van der Waals surface area (Å²) in [5.74, 6) is 0.105. The fourth-order valence-electron chi connectivity index (χ4n) is 2.42. The molecule has 90 valence electrons. The average Bonchev–Trinajstić information content (AvgIpc) is 2.75. The molecule has 0 aliphatic carbocycles. The van der Waals surface area contributed by atoms with E-state index in [1.54, 1.807) is 0 Å². The second-order valence-corrected chi connectivity index (χ2v) is 4.65. The lowest BCUT2D eigenvalue weighted by Gasteiger charge is -2.19. The van der Waals surface area contributed by atoms with Crippen LogP contribution in [0.15, 0.2) is 18.2 Å². The number of carbonyl (C=O) groups excluding carboxylic acids is 1. The van der Waals surface area contributed by atoms with Crippen LogP contribution >= 0.6 is 0 Å². The highest BCUT2D eigenvalue weighted by atomic mass is 16.1. The van der Waals surface area contributed by atoms with Gasteiger partial charge in [0.15, 0.2) is 0 Å². The number of anilines is 1. The molecule has 5 heteroatoms. The Balaban J connectivity index is 1.86. The Bertz CT molecular complexity index is 460. The zero-order valence-electron chi connectivity index (χ0n) is 9.49. The molecule has 2 aliphatic heterocycles. The Hall–Kier alpha value is -1.43. The number of nitrogens with one attached hydrogen (secondary N) is 3. The fraction of sp³-hybridized carbons (Fsp3) is 0.417. The van der Waals surface area contributed by atoms with Gasteiger partial charge in [0.25, 0.3) is 0 Å². The van der Waals surface area contributed by atoms with Gasteiger partial charge >= 0.3 is 0 Å². The molecule has 1 fully saturated rings. The van der Waals surface area contributed by atoms with E-state index in [1.165, 1.54) is 11.1 Å². The van der Waals surface area contributed by atoms with Crippen molar-refractivity contribution in [1.29, 1.82) is 0 Å². The first-order valence-electron chi connectivity index (χ1n) is 5.92. The molecule has 0 spiro atoms. The largest absolute Gasteiger partial charge is 0.326 e. The SMILES string of the molecule is NC1CC(c2ccc3c(c2)CCC(=O)N3)NN1. The molecule has 0 bridgehead atoms. The lowest BCUT2D eigenvalue weighted by atomic mass is 9.96. The average molecular weight is 232 g/mol. The number of nitrogens with two attached hydrogens (primary N) is 1. The highest BCUT2D eigenvalue weighted by molar-refractivity contribution is 5.93. The summed E-state index contributed by atoms with van der Waals surface area (Å²) in [5, 5.41) is 2.89. The van der Waals surface area contributed by atoms with E-state index in [1.807, 2.05) is 12.1 Å². The standard InChI is InChI=1S/C12H16N4O/c13-11-6-10(15-16-11)8-1-3-9-7(5-8)2-4-12(17)14-9/h1,3,5,10-11,15-16H,2,4,6,13H2,(H,14,17). The molecule has 1 saturated heterocycles. The maximum absolute atomic E-state index is 11.3. The van der Waals surface area contributed by atoms with Crippen LogP contribution in [0.4, 0.5) is 5.69 Å². The Morgan fingerprint density at radius 2 is 2.12 bits per heavy atom. The predicted octanol–water partition coefficient (Wildman–Crippen LogP) is 0.395. The van der Waals surface area contributed by atoms with Gasteiger partial charge in [-0.2, -0.15) is 0 Å². The molecule has 0 radical (unpaired) electrons. The van der Waals surface area contributed by atoms with E-state index in [4.69, 9.17) is 5.73 Å². The highest BCUT2D eigenvalue weighted by Gasteiger charge is 2.23. The third-order valence-corrected chi connectivity index (χ3v) is 3.36. The zero-order valence-corrected chi connectivity index (χ0v) is 9.49. The van der Waals surface area contributed by atoms with Crippen LogP contribution in [0.25, 0.3) is 0 Å². The molecule has 1 aromatic carbocycles. The minimum atomic E-state index is 0.00994. The quantitative estimate of drug-likeness (QED) is 0.565. The van der Waals surface area contributed by atoms with E-state index in [2.05, 4.69) is 22.2 Å². The van der Waals surface area contributed by atoms with E-state index in [9.17, 15) is 4.79 Å². The fourth-order valence-corrected chi connectivity index (χ4v) is 2.42. The lowest BCUT2D eigenvalue weighted by Crippen LogP contribution is -2.36. The van der Waals surface area contributed by atoms with Crippen molar-refractivity contribution in [1.82, 2.24) is 10.9 Å². The number of amides is 1. The summed E-state index contributed by atoms with van der Waals surface area (Å²) in [6.45, 7) is 0. The van der Waals surface area contributed by atoms with E-state index < -0.39 is 0 Å². The number of hydrogen-bond donors (Lipinski definition) is 4. The minimum absolute atomic E-state index is 0.00994. The number of benzene rings is 1. The lowest BCUT2D eigenvalue weighted by molar-refractivity contribution is -0.116. The summed E-state index contributed by atoms with van der Waals surface area (Å²) in [7, 11) is 0. The highest BCUT2D eigenvalue weighted by Crippen LogP contribution is 2.28. The molecule has 2 aliphatic rings. The summed E-state index contributed by atoms with van der Waals surface area (Å²) in [5.41, 5.74) is 15.4. The van der Waals surface area contributed by atoms with Crippen LogP contribution in [0, 0.1) is 0 Å². The van der Waals surface area contributed by atoms with E-state index >= 15 is 0 Å². The second kappa shape index (κ2) is 4.10. The van der Waals surface area contributed by atoms with Crippen LogP contribution < -0.4 is 21.9 Å². The topological polar surface area (TPSA) is 79.2 Å². The van der Waals surface area contributed by atoms with Gasteiger partial charge in [-0.1, -0.05) is 12.1 Å². The van der Waals surface area contributed by atoms with Crippen molar-refractivity contribution in [3.8, 4) is 0 Å². The van der Waals surface area contributed by atoms with Crippen molar-refractivity contribution >= 4 is 11.6 Å². The second-order valence-electron chi connectivity index (χ2n) is 4.65. The van der Waals surface area contributed by atoms with Crippen LogP contribution in [0.3, 0.4) is 0 Å². The van der Waals surface area contributed by atoms with Crippen LogP contribution in [0.5, 0.6) is 0 Å². The van der Waals surface area contributed by atoms with Gasteiger partial charge < -0.3 is 11.1 Å². The summed E-state index contributed by atoms with van der Waals surface area (Å²) in [4.78, 5) is 11.3. The van der Waals surface area contributed by atoms with Crippen molar-refractivity contribution < 1.29 is 4.79 Å². The summed E-state index contributed by atoms with van der Waals surface area (Å²) >= 11 is 0. The Kier molecular flexibility index (Phi) is 2.58. The molecule has 5 N–H and O–H groups in total. The van der Waals surface area contributed by atoms with Crippen molar-refractivity contribution in [3.63, 3.8) is 0 Å². The summed E-state index contributed by atoms with van der Waals surface area (Å²) in [6.07, 6.45) is 2.29. The monoisotopic (exact) mass is 232 g/mol. The molecule has 3 rings (SSSR count). The van der Waals surface area contributed by atoms with Gasteiger partial charge in [-0.15, -0.1) is 0 Å². The smallest absolute Gasteiger partial charge is 0.224 e. The summed E-state index contributed by atoms with van der Waals surface area (Å²) < 4.78 is 0. The number of fused-ring (bicyclic) bond motifs is 1. The zero-order chi connectivity index (χ0) is 11.8. The Morgan fingerprint density at radius 3 is 2.88 bits per heavy atom. The Morgan fingerprint density at radius 1 is 1.24 bits per heavy atom. The molecule has 2 atom stereocenters. The predicted molar refractivity (Wildman–Crippen MR) is 65.0 cm³/mol. The van der Waals surface area contributed by atoms with E-state index in [0.29, 0.717) is 6.42 Å². The number of aryl methyl sites for hydroxylation is 1. The first-order valence-corrected chi connectivity index (χ1v) is 5.92. The van der Waals surface area contributed by atoms with E-state index in [-0.39, 0.29) is 18.1 Å². The van der Waals surface area contributed by atoms with Crippen molar-refractivity contribution in [2.45, 2.75) is 31.5 Å². The first kappa shape index (κ1) is 10.7. The normalized spacial score (nSPS) is 27.7. The Labute approximate surface area is 99.7 Å². The molecule has 0 saturated carbocycles. The molecule has 17 heavy (non-hydrogen) atoms. The van der Waals surface area contributed by atoms with Gasteiger partial charge in [0.05, 0.1) is 6.17 Å². The van der Waals surface area contributed by atoms with Crippen molar-refractivity contribution in [2.75, 3.05) is 5.32 Å². The van der Waals surface area contributed by atoms with Crippen molar-refractivity contribution in [3.05, 3.63) is 29.3 Å². The third-order valence-electron chi connectivity index (χ3n) is 3.36. The van der Waals surface area contributed by atoms with Crippen LogP contribution in [-0.4, -0.2) is 12.1 Å². The molecular weight excluding hydrogens is 216 g/mol. The molecule has 0 aromatic heterocycles. The van der Waals surface area contributed by atoms with Gasteiger partial charge in [-0.25, -0.2) is 10.9 Å². The van der Waals surface area contributed by atoms with Gasteiger partial charge in [0, 0.05) is 18.2 Å². The molecule has 2 heterocycles. The number of hydrazine groups is 1. The van der Waals surface area contributed by atoms with Gasteiger partial charge in [-0.3, -0.25) is 4.79 Å². The number of hydrogen-bond acceptors (Lipinski definition) is 4. The molecular formula is C12H16N4O. The first-order chi connectivity index (χ1) is 8.22. The van der Waals surface area contributed by atoms with Crippen LogP contribution in [0.1, 0.15) is 30.0 Å². The third kappa shape index (κ3) is 2.04. The van der Waals surface area contributed by atoms with Crippen LogP contribution in [-0.2, 0) is 11.2 Å². The molecule has 1 amide bonds. The van der Waals surface area contributed by atoms with Gasteiger partial charge in [0.2, 0.25) is 5.91 Å². The molecule has 2 unspecified atom stereocenters. The maximum atomic E-state index is 11.3. The van der Waals surface area contributed by atoms with Crippen molar-refractivity contribution in [2.24, 2.45) is 5.73 Å². The van der Waals surface area contributed by atoms with Gasteiger partial charge in [0.1, 0.15) is 0 Å². The maximum Gasteiger partial charge on any atom is 0.224 e. The molecule has 5 nitrogen and oxygen atoms in total. The van der Waals surface area contributed by atoms with Crippen LogP contribution in [0.2, 0.25) is 0 Å². The van der Waals surface area contributed by atoms with Gasteiger partial charge in [-0.05, 0) is 30.0 Å². The minimum Gasteiger partial charge on any atom is -0.326 e.